The van der Waals surface area contributed by atoms with Gasteiger partial charge in [-0.2, -0.15) is 0 Å². The van der Waals surface area contributed by atoms with Gasteiger partial charge in [0.2, 0.25) is 0 Å². The largest absolute Gasteiger partial charge is 0.397 e. The number of benzene rings is 1. The summed E-state index contributed by atoms with van der Waals surface area (Å²) < 4.78 is 4.49. The maximum atomic E-state index is 11.9. The predicted molar refractivity (Wildman–Crippen MR) is 55.7 cm³/mol. The molecule has 6 heteroatoms. The zero-order chi connectivity index (χ0) is 11.1. The van der Waals surface area contributed by atoms with Crippen LogP contribution in [0.2, 0.25) is 0 Å². The molecule has 0 aliphatic carbocycles. The van der Waals surface area contributed by atoms with Crippen molar-refractivity contribution in [3.05, 3.63) is 35.7 Å². The molecule has 1 aliphatic heterocycles. The van der Waals surface area contributed by atoms with Gasteiger partial charge in [-0.15, -0.1) is 0 Å². The van der Waals surface area contributed by atoms with E-state index in [0.717, 1.165) is 0 Å². The highest BCUT2D eigenvalue weighted by atomic mass is 16.6. The van der Waals surface area contributed by atoms with E-state index in [9.17, 15) is 4.79 Å². The molecule has 0 unspecified atom stereocenters. The van der Waals surface area contributed by atoms with E-state index >= 15 is 0 Å². The van der Waals surface area contributed by atoms with Crippen LogP contribution in [0.15, 0.2) is 28.9 Å². The topological polar surface area (TPSA) is 85.2 Å². The Bertz CT molecular complexity index is 563. The Morgan fingerprint density at radius 2 is 2.12 bits per heavy atom. The molecule has 1 amide bonds. The van der Waals surface area contributed by atoms with Gasteiger partial charge in [-0.05, 0) is 17.3 Å². The molecule has 0 saturated heterocycles. The number of rotatable bonds is 1. The minimum Gasteiger partial charge on any atom is -0.397 e. The van der Waals surface area contributed by atoms with Gasteiger partial charge < -0.3 is 5.73 Å². The number of nitrogen functional groups attached to an aromatic ring is 1. The number of nitrogens with zero attached hydrogens (tertiary/aromatic N) is 3. The summed E-state index contributed by atoms with van der Waals surface area (Å²) >= 11 is 0. The average Bonchev–Trinajstić information content (AvgIpc) is 2.83. The summed E-state index contributed by atoms with van der Waals surface area (Å²) in [6.07, 6.45) is 0. The van der Waals surface area contributed by atoms with Crippen molar-refractivity contribution in [3.8, 4) is 0 Å². The highest BCUT2D eigenvalue weighted by Gasteiger charge is 2.34. The Labute approximate surface area is 90.6 Å². The number of nitrogens with two attached hydrogens (primary N) is 1. The average molecular weight is 216 g/mol. The molecule has 1 aromatic carbocycles. The van der Waals surface area contributed by atoms with Gasteiger partial charge in [-0.25, -0.2) is 4.63 Å². The molecule has 1 aliphatic rings. The van der Waals surface area contributed by atoms with Crippen molar-refractivity contribution in [1.82, 2.24) is 10.3 Å². The second-order valence-electron chi connectivity index (χ2n) is 3.51. The fraction of sp³-hybridized carbons (Fsp3) is 0.100. The van der Waals surface area contributed by atoms with Gasteiger partial charge in [-0.1, -0.05) is 17.3 Å². The van der Waals surface area contributed by atoms with Gasteiger partial charge in [0.1, 0.15) is 5.69 Å². The summed E-state index contributed by atoms with van der Waals surface area (Å²) in [6, 6.07) is 7.18. The van der Waals surface area contributed by atoms with Crippen molar-refractivity contribution in [2.75, 3.05) is 10.6 Å². The molecule has 1 aromatic heterocycles. The van der Waals surface area contributed by atoms with Crippen LogP contribution in [0.25, 0.3) is 0 Å². The van der Waals surface area contributed by atoms with Crippen LogP contribution in [-0.4, -0.2) is 16.2 Å². The van der Waals surface area contributed by atoms with Gasteiger partial charge in [0.15, 0.2) is 5.69 Å². The number of fused-ring (bicyclic) bond motifs is 1. The zero-order valence-corrected chi connectivity index (χ0v) is 8.25. The smallest absolute Gasteiger partial charge is 0.282 e. The number of amides is 1. The normalized spacial score (nSPS) is 14.2. The molecule has 3 rings (SSSR count). The lowest BCUT2D eigenvalue weighted by atomic mass is 10.2. The fourth-order valence-electron chi connectivity index (χ4n) is 1.75. The number of hydrogen-bond acceptors (Lipinski definition) is 5. The van der Waals surface area contributed by atoms with Crippen molar-refractivity contribution in [1.29, 1.82) is 0 Å². The first kappa shape index (κ1) is 8.90. The first-order chi connectivity index (χ1) is 7.77. The van der Waals surface area contributed by atoms with Gasteiger partial charge in [0.05, 0.1) is 17.9 Å². The van der Waals surface area contributed by atoms with Crippen LogP contribution >= 0.6 is 0 Å². The predicted octanol–water partition coefficient (Wildman–Crippen LogP) is 0.812. The molecule has 0 fully saturated rings. The second-order valence-corrected chi connectivity index (χ2v) is 3.51. The Morgan fingerprint density at radius 1 is 1.31 bits per heavy atom. The molecule has 0 saturated carbocycles. The van der Waals surface area contributed by atoms with E-state index in [2.05, 4.69) is 14.9 Å². The number of aromatic nitrogens is 2. The lowest BCUT2D eigenvalue weighted by molar-refractivity contribution is 0.0985. The number of para-hydroxylation sites is 2. The van der Waals surface area contributed by atoms with Gasteiger partial charge >= 0.3 is 0 Å². The maximum absolute atomic E-state index is 11.9. The monoisotopic (exact) mass is 216 g/mol. The van der Waals surface area contributed by atoms with Crippen LogP contribution in [0, 0.1) is 0 Å². The third-order valence-electron chi connectivity index (χ3n) is 2.54. The lowest BCUT2D eigenvalue weighted by Gasteiger charge is -2.16. The molecule has 2 heterocycles. The second kappa shape index (κ2) is 3.06. The number of carbonyl (C=O) groups excluding carboxylic acids is 1. The zero-order valence-electron chi connectivity index (χ0n) is 8.25. The van der Waals surface area contributed by atoms with Crippen molar-refractivity contribution >= 4 is 17.3 Å². The highest BCUT2D eigenvalue weighted by Crippen LogP contribution is 2.29. The lowest BCUT2D eigenvalue weighted by Crippen LogP contribution is -2.24. The van der Waals surface area contributed by atoms with E-state index in [1.54, 1.807) is 12.1 Å². The van der Waals surface area contributed by atoms with E-state index < -0.39 is 0 Å². The molecule has 0 atom stereocenters. The van der Waals surface area contributed by atoms with Crippen molar-refractivity contribution in [2.24, 2.45) is 0 Å². The molecule has 0 spiro atoms. The standard InChI is InChI=1S/C10H8N4O2/c11-6-3-1-2-4-8(6)14-5-7-9(10(14)15)13-16-12-7/h1-4H,5,11H2. The van der Waals surface area contributed by atoms with E-state index in [-0.39, 0.29) is 11.6 Å². The summed E-state index contributed by atoms with van der Waals surface area (Å²) in [5.74, 6) is -0.228. The first-order valence-electron chi connectivity index (χ1n) is 4.75. The van der Waals surface area contributed by atoms with Gasteiger partial charge in [0, 0.05) is 0 Å². The summed E-state index contributed by atoms with van der Waals surface area (Å²) in [4.78, 5) is 13.5. The van der Waals surface area contributed by atoms with Crippen LogP contribution in [0.1, 0.15) is 16.2 Å². The molecule has 6 nitrogen and oxygen atoms in total. The van der Waals surface area contributed by atoms with Crippen molar-refractivity contribution in [3.63, 3.8) is 0 Å². The highest BCUT2D eigenvalue weighted by molar-refractivity contribution is 6.09. The van der Waals surface area contributed by atoms with Crippen LogP contribution in [-0.2, 0) is 6.54 Å². The molecular formula is C10H8N4O2. The Balaban J connectivity index is 2.04. The number of hydrogen-bond donors (Lipinski definition) is 1. The van der Waals surface area contributed by atoms with E-state index in [4.69, 9.17) is 5.73 Å². The number of carbonyl (C=O) groups is 1. The fourth-order valence-corrected chi connectivity index (χ4v) is 1.75. The number of anilines is 2. The van der Waals surface area contributed by atoms with E-state index in [1.165, 1.54) is 4.90 Å². The van der Waals surface area contributed by atoms with Gasteiger partial charge in [0.25, 0.3) is 5.91 Å². The minimum absolute atomic E-state index is 0.228. The SMILES string of the molecule is Nc1ccccc1N1Cc2nonc2C1=O. The van der Waals surface area contributed by atoms with Crippen LogP contribution < -0.4 is 10.6 Å². The Morgan fingerprint density at radius 3 is 2.88 bits per heavy atom. The first-order valence-corrected chi connectivity index (χ1v) is 4.75. The minimum atomic E-state index is -0.228. The third-order valence-corrected chi connectivity index (χ3v) is 2.54. The molecule has 80 valence electrons. The molecule has 2 N–H and O–H groups in total. The Kier molecular flexibility index (Phi) is 1.70. The van der Waals surface area contributed by atoms with Gasteiger partial charge in [-0.3, -0.25) is 9.69 Å². The third kappa shape index (κ3) is 1.10. The quantitative estimate of drug-likeness (QED) is 0.713. The van der Waals surface area contributed by atoms with Crippen molar-refractivity contribution < 1.29 is 9.42 Å². The molecule has 2 aromatic rings. The summed E-state index contributed by atoms with van der Waals surface area (Å²) in [5, 5.41) is 7.23. The van der Waals surface area contributed by atoms with Crippen LogP contribution in [0.5, 0.6) is 0 Å². The molecule has 0 bridgehead atoms. The Hall–Kier alpha value is -2.37. The molecule has 16 heavy (non-hydrogen) atoms. The summed E-state index contributed by atoms with van der Waals surface area (Å²) in [6.45, 7) is 0.353. The van der Waals surface area contributed by atoms with Crippen LogP contribution in [0.4, 0.5) is 11.4 Å². The maximum Gasteiger partial charge on any atom is 0.282 e. The van der Waals surface area contributed by atoms with E-state index in [0.29, 0.717) is 23.6 Å². The molecule has 0 radical (unpaired) electrons. The molecular weight excluding hydrogens is 208 g/mol. The van der Waals surface area contributed by atoms with Crippen molar-refractivity contribution in [2.45, 2.75) is 6.54 Å². The van der Waals surface area contributed by atoms with Crippen LogP contribution in [0.3, 0.4) is 0 Å². The van der Waals surface area contributed by atoms with E-state index in [1.807, 2.05) is 12.1 Å². The summed E-state index contributed by atoms with van der Waals surface area (Å²) in [7, 11) is 0. The summed E-state index contributed by atoms with van der Waals surface area (Å²) in [5.41, 5.74) is 7.85.